The molecule has 0 fully saturated rings. The van der Waals surface area contributed by atoms with E-state index in [0.717, 1.165) is 12.3 Å². The minimum absolute atomic E-state index is 0.645. The normalized spacial score (nSPS) is 12.6. The molecular formula is C11H21NO. The van der Waals surface area contributed by atoms with E-state index in [-0.39, 0.29) is 0 Å². The van der Waals surface area contributed by atoms with E-state index in [2.05, 4.69) is 25.8 Å². The van der Waals surface area contributed by atoms with Crippen LogP contribution in [0.3, 0.4) is 0 Å². The predicted molar refractivity (Wildman–Crippen MR) is 55.5 cm³/mol. The van der Waals surface area contributed by atoms with Gasteiger partial charge < -0.3 is 0 Å². The molecule has 13 heavy (non-hydrogen) atoms. The SMILES string of the molecule is CC(C)CCC[C@@H](C)CCN=C=O. The summed E-state index contributed by atoms with van der Waals surface area (Å²) in [4.78, 5) is 13.3. The molecule has 0 spiro atoms. The van der Waals surface area contributed by atoms with Crippen LogP contribution >= 0.6 is 0 Å². The largest absolute Gasteiger partial charge is 0.234 e. The van der Waals surface area contributed by atoms with Gasteiger partial charge in [0.2, 0.25) is 6.08 Å². The van der Waals surface area contributed by atoms with Crippen LogP contribution in [0.5, 0.6) is 0 Å². The number of isocyanates is 1. The Morgan fingerprint density at radius 3 is 2.38 bits per heavy atom. The smallest absolute Gasteiger partial charge is 0.211 e. The van der Waals surface area contributed by atoms with Gasteiger partial charge in [-0.3, -0.25) is 0 Å². The van der Waals surface area contributed by atoms with Crippen molar-refractivity contribution < 1.29 is 4.79 Å². The lowest BCUT2D eigenvalue weighted by Crippen LogP contribution is -1.98. The van der Waals surface area contributed by atoms with Gasteiger partial charge in [0.05, 0.1) is 6.54 Å². The van der Waals surface area contributed by atoms with Crippen LogP contribution in [0.1, 0.15) is 46.5 Å². The fraction of sp³-hybridized carbons (Fsp3) is 0.909. The molecule has 0 aliphatic rings. The summed E-state index contributed by atoms with van der Waals surface area (Å²) in [7, 11) is 0. The fourth-order valence-corrected chi connectivity index (χ4v) is 1.35. The first kappa shape index (κ1) is 12.4. The summed E-state index contributed by atoms with van der Waals surface area (Å²) < 4.78 is 0. The van der Waals surface area contributed by atoms with E-state index < -0.39 is 0 Å². The van der Waals surface area contributed by atoms with Gasteiger partial charge in [-0.2, -0.15) is 0 Å². The zero-order valence-electron chi connectivity index (χ0n) is 9.05. The molecule has 0 unspecified atom stereocenters. The van der Waals surface area contributed by atoms with Crippen molar-refractivity contribution in [3.8, 4) is 0 Å². The molecule has 0 aromatic heterocycles. The molecule has 0 rings (SSSR count). The number of rotatable bonds is 7. The third-order valence-electron chi connectivity index (χ3n) is 2.28. The average molecular weight is 183 g/mol. The van der Waals surface area contributed by atoms with Gasteiger partial charge in [0.15, 0.2) is 0 Å². The highest BCUT2D eigenvalue weighted by molar-refractivity contribution is 5.32. The van der Waals surface area contributed by atoms with Crippen LogP contribution in [-0.2, 0) is 4.79 Å². The third kappa shape index (κ3) is 9.29. The molecule has 2 heteroatoms. The van der Waals surface area contributed by atoms with Gasteiger partial charge in [0.25, 0.3) is 0 Å². The molecule has 0 aromatic rings. The molecular weight excluding hydrogens is 162 g/mol. The molecule has 1 atom stereocenters. The van der Waals surface area contributed by atoms with Crippen molar-refractivity contribution in [2.24, 2.45) is 16.8 Å². The van der Waals surface area contributed by atoms with Crippen molar-refractivity contribution >= 4 is 6.08 Å². The first-order valence-corrected chi connectivity index (χ1v) is 5.20. The highest BCUT2D eigenvalue weighted by Gasteiger charge is 2.02. The van der Waals surface area contributed by atoms with E-state index in [1.54, 1.807) is 6.08 Å². The summed E-state index contributed by atoms with van der Waals surface area (Å²) in [6, 6.07) is 0. The lowest BCUT2D eigenvalue weighted by molar-refractivity contribution is 0.440. The summed E-state index contributed by atoms with van der Waals surface area (Å²) in [6.45, 7) is 7.37. The molecule has 0 radical (unpaired) electrons. The first-order chi connectivity index (χ1) is 6.16. The summed E-state index contributed by atoms with van der Waals surface area (Å²) in [5.74, 6) is 1.50. The van der Waals surface area contributed by atoms with Gasteiger partial charge >= 0.3 is 0 Å². The lowest BCUT2D eigenvalue weighted by Gasteiger charge is -2.09. The first-order valence-electron chi connectivity index (χ1n) is 5.20. The average Bonchev–Trinajstić information content (AvgIpc) is 2.04. The van der Waals surface area contributed by atoms with Crippen LogP contribution in [0.2, 0.25) is 0 Å². The van der Waals surface area contributed by atoms with Gasteiger partial charge in [-0.25, -0.2) is 9.79 Å². The Kier molecular flexibility index (Phi) is 7.62. The molecule has 0 saturated carbocycles. The zero-order chi connectivity index (χ0) is 10.1. The van der Waals surface area contributed by atoms with E-state index in [1.165, 1.54) is 19.3 Å². The Morgan fingerprint density at radius 2 is 1.85 bits per heavy atom. The van der Waals surface area contributed by atoms with Crippen molar-refractivity contribution in [2.75, 3.05) is 6.54 Å². The summed E-state index contributed by atoms with van der Waals surface area (Å²) in [5.41, 5.74) is 0. The van der Waals surface area contributed by atoms with Crippen molar-refractivity contribution in [1.29, 1.82) is 0 Å². The second-order valence-corrected chi connectivity index (χ2v) is 4.19. The summed E-state index contributed by atoms with van der Waals surface area (Å²) in [6.07, 6.45) is 6.45. The summed E-state index contributed by atoms with van der Waals surface area (Å²) in [5, 5.41) is 0. The van der Waals surface area contributed by atoms with Gasteiger partial charge in [-0.1, -0.05) is 40.0 Å². The fourth-order valence-electron chi connectivity index (χ4n) is 1.35. The van der Waals surface area contributed by atoms with Gasteiger partial charge in [-0.15, -0.1) is 0 Å². The Bertz CT molecular complexity index is 159. The van der Waals surface area contributed by atoms with Crippen LogP contribution in [-0.4, -0.2) is 12.6 Å². The molecule has 76 valence electrons. The van der Waals surface area contributed by atoms with E-state index in [0.29, 0.717) is 12.5 Å². The molecule has 0 heterocycles. The number of hydrogen-bond donors (Lipinski definition) is 0. The zero-order valence-corrected chi connectivity index (χ0v) is 9.05. The molecule has 0 amide bonds. The second-order valence-electron chi connectivity index (χ2n) is 4.19. The quantitative estimate of drug-likeness (QED) is 0.440. The third-order valence-corrected chi connectivity index (χ3v) is 2.28. The highest BCUT2D eigenvalue weighted by Crippen LogP contribution is 2.14. The van der Waals surface area contributed by atoms with Crippen molar-refractivity contribution in [2.45, 2.75) is 46.5 Å². The van der Waals surface area contributed by atoms with Crippen LogP contribution < -0.4 is 0 Å². The van der Waals surface area contributed by atoms with Crippen LogP contribution in [0.25, 0.3) is 0 Å². The minimum atomic E-state index is 0.645. The minimum Gasteiger partial charge on any atom is -0.211 e. The molecule has 0 aromatic carbocycles. The Balaban J connectivity index is 3.29. The van der Waals surface area contributed by atoms with Crippen LogP contribution in [0.15, 0.2) is 4.99 Å². The maximum absolute atomic E-state index is 9.80. The molecule has 0 bridgehead atoms. The Morgan fingerprint density at radius 1 is 1.15 bits per heavy atom. The molecule has 0 aliphatic carbocycles. The van der Waals surface area contributed by atoms with Crippen molar-refractivity contribution in [1.82, 2.24) is 0 Å². The standard InChI is InChI=1S/C11H21NO/c1-10(2)5-4-6-11(3)7-8-12-9-13/h10-11H,4-8H2,1-3H3/t11-/m1/s1. The van der Waals surface area contributed by atoms with Crippen LogP contribution in [0.4, 0.5) is 0 Å². The molecule has 0 saturated heterocycles. The number of aliphatic imine (C=N–C) groups is 1. The summed E-state index contributed by atoms with van der Waals surface area (Å²) >= 11 is 0. The van der Waals surface area contributed by atoms with Crippen molar-refractivity contribution in [3.05, 3.63) is 0 Å². The molecule has 0 aliphatic heterocycles. The topological polar surface area (TPSA) is 29.4 Å². The molecule has 0 N–H and O–H groups in total. The van der Waals surface area contributed by atoms with Crippen LogP contribution in [0, 0.1) is 11.8 Å². The van der Waals surface area contributed by atoms with Gasteiger partial charge in [0.1, 0.15) is 0 Å². The van der Waals surface area contributed by atoms with E-state index >= 15 is 0 Å². The van der Waals surface area contributed by atoms with Crippen molar-refractivity contribution in [3.63, 3.8) is 0 Å². The lowest BCUT2D eigenvalue weighted by atomic mass is 9.97. The van der Waals surface area contributed by atoms with E-state index in [1.807, 2.05) is 0 Å². The highest BCUT2D eigenvalue weighted by atomic mass is 16.1. The monoisotopic (exact) mass is 183 g/mol. The van der Waals surface area contributed by atoms with Gasteiger partial charge in [0, 0.05) is 0 Å². The Hall–Kier alpha value is -0.620. The number of nitrogens with zero attached hydrogens (tertiary/aromatic N) is 1. The number of carbonyl (C=O) groups excluding carboxylic acids is 1. The predicted octanol–water partition coefficient (Wildman–Crippen LogP) is 3.17. The van der Waals surface area contributed by atoms with E-state index in [9.17, 15) is 4.79 Å². The number of hydrogen-bond acceptors (Lipinski definition) is 2. The van der Waals surface area contributed by atoms with E-state index in [4.69, 9.17) is 0 Å². The molecule has 2 nitrogen and oxygen atoms in total. The maximum Gasteiger partial charge on any atom is 0.234 e. The van der Waals surface area contributed by atoms with Gasteiger partial charge in [-0.05, 0) is 18.3 Å². The maximum atomic E-state index is 9.80. The second kappa shape index (κ2) is 8.00. The Labute approximate surface area is 81.4 Å².